The molecular formula is C26H32FN3O3. The molecule has 3 amide bonds. The Morgan fingerprint density at radius 2 is 1.64 bits per heavy atom. The molecule has 1 fully saturated rings. The summed E-state index contributed by atoms with van der Waals surface area (Å²) in [6, 6.07) is 12.5. The van der Waals surface area contributed by atoms with Crippen LogP contribution in [-0.2, 0) is 4.79 Å². The van der Waals surface area contributed by atoms with Crippen LogP contribution in [0.5, 0.6) is 0 Å². The zero-order chi connectivity index (χ0) is 24.0. The number of likely N-dealkylation sites (N-methyl/N-ethyl adjacent to an activating group) is 1. The number of carbonyl (C=O) groups excluding carboxylic acids is 3. The molecule has 3 rings (SSSR count). The topological polar surface area (TPSA) is 69.7 Å². The van der Waals surface area contributed by atoms with Crippen LogP contribution in [0.4, 0.5) is 4.39 Å². The van der Waals surface area contributed by atoms with Gasteiger partial charge in [0.05, 0.1) is 5.56 Å². The van der Waals surface area contributed by atoms with Gasteiger partial charge in [-0.05, 0) is 63.8 Å². The number of halogens is 1. The highest BCUT2D eigenvalue weighted by Crippen LogP contribution is 2.24. The molecule has 0 spiro atoms. The molecular weight excluding hydrogens is 421 g/mol. The zero-order valence-corrected chi connectivity index (χ0v) is 19.5. The number of hydrogen-bond donors (Lipinski definition) is 1. The van der Waals surface area contributed by atoms with E-state index in [4.69, 9.17) is 0 Å². The number of benzene rings is 2. The maximum atomic E-state index is 14.1. The second-order valence-electron chi connectivity index (χ2n) is 8.44. The number of likely N-dealkylation sites (tertiary alicyclic amines) is 1. The summed E-state index contributed by atoms with van der Waals surface area (Å²) in [6.07, 6.45) is 1.10. The van der Waals surface area contributed by atoms with Crippen LogP contribution >= 0.6 is 0 Å². The molecule has 0 aliphatic carbocycles. The Morgan fingerprint density at radius 1 is 1.03 bits per heavy atom. The van der Waals surface area contributed by atoms with Gasteiger partial charge in [0, 0.05) is 31.7 Å². The second kappa shape index (κ2) is 11.1. The van der Waals surface area contributed by atoms with Crippen molar-refractivity contribution in [2.24, 2.45) is 5.92 Å². The van der Waals surface area contributed by atoms with Gasteiger partial charge < -0.3 is 15.1 Å². The number of carbonyl (C=O) groups is 3. The minimum Gasteiger partial charge on any atom is -0.341 e. The average Bonchev–Trinajstić information content (AvgIpc) is 2.83. The van der Waals surface area contributed by atoms with E-state index in [2.05, 4.69) is 5.32 Å². The molecule has 2 aromatic rings. The molecule has 7 heteroatoms. The first-order valence-electron chi connectivity index (χ1n) is 11.6. The predicted molar refractivity (Wildman–Crippen MR) is 125 cm³/mol. The van der Waals surface area contributed by atoms with Crippen LogP contribution in [0.3, 0.4) is 0 Å². The van der Waals surface area contributed by atoms with Crippen LogP contribution in [0.15, 0.2) is 48.5 Å². The standard InChI is InChI=1S/C26H32FN3O3/c1-4-29(5-2)26(33)23(28-24(31)20-12-10-18(3)11-13-20)19-14-16-30(17-15-19)25(32)21-8-6-7-9-22(21)27/h6-13,19,23H,4-5,14-17H2,1-3H3,(H,28,31). The third kappa shape index (κ3) is 5.78. The lowest BCUT2D eigenvalue weighted by molar-refractivity contribution is -0.134. The van der Waals surface area contributed by atoms with Crippen molar-refractivity contribution in [1.29, 1.82) is 0 Å². The highest BCUT2D eigenvalue weighted by atomic mass is 19.1. The van der Waals surface area contributed by atoms with Crippen molar-refractivity contribution in [3.63, 3.8) is 0 Å². The number of aryl methyl sites for hydroxylation is 1. The third-order valence-corrected chi connectivity index (χ3v) is 6.34. The number of hydrogen-bond acceptors (Lipinski definition) is 3. The van der Waals surface area contributed by atoms with E-state index in [1.54, 1.807) is 34.1 Å². The molecule has 0 radical (unpaired) electrons. The van der Waals surface area contributed by atoms with E-state index in [9.17, 15) is 18.8 Å². The summed E-state index contributed by atoms with van der Waals surface area (Å²) in [6.45, 7) is 7.69. The lowest BCUT2D eigenvalue weighted by Gasteiger charge is -2.37. The fourth-order valence-electron chi connectivity index (χ4n) is 4.28. The van der Waals surface area contributed by atoms with E-state index >= 15 is 0 Å². The minimum atomic E-state index is -0.676. The molecule has 1 aliphatic heterocycles. The fraction of sp³-hybridized carbons (Fsp3) is 0.423. The molecule has 33 heavy (non-hydrogen) atoms. The van der Waals surface area contributed by atoms with Crippen molar-refractivity contribution in [3.05, 3.63) is 71.0 Å². The van der Waals surface area contributed by atoms with Crippen molar-refractivity contribution in [2.75, 3.05) is 26.2 Å². The van der Waals surface area contributed by atoms with Gasteiger partial charge in [-0.2, -0.15) is 0 Å². The maximum absolute atomic E-state index is 14.1. The highest BCUT2D eigenvalue weighted by Gasteiger charge is 2.36. The summed E-state index contributed by atoms with van der Waals surface area (Å²) >= 11 is 0. The van der Waals surface area contributed by atoms with E-state index < -0.39 is 11.9 Å². The summed E-state index contributed by atoms with van der Waals surface area (Å²) in [7, 11) is 0. The largest absolute Gasteiger partial charge is 0.341 e. The minimum absolute atomic E-state index is 0.0550. The maximum Gasteiger partial charge on any atom is 0.256 e. The predicted octanol–water partition coefficient (Wildman–Crippen LogP) is 3.65. The summed E-state index contributed by atoms with van der Waals surface area (Å²) in [5, 5.41) is 2.96. The van der Waals surface area contributed by atoms with Gasteiger partial charge in [0.25, 0.3) is 11.8 Å². The lowest BCUT2D eigenvalue weighted by atomic mass is 9.87. The van der Waals surface area contributed by atoms with Gasteiger partial charge in [0.15, 0.2) is 0 Å². The van der Waals surface area contributed by atoms with Crippen LogP contribution < -0.4 is 5.32 Å². The Bertz CT molecular complexity index is 981. The van der Waals surface area contributed by atoms with Crippen LogP contribution in [0.1, 0.15) is 53.0 Å². The smallest absolute Gasteiger partial charge is 0.256 e. The average molecular weight is 454 g/mol. The van der Waals surface area contributed by atoms with Gasteiger partial charge in [0.2, 0.25) is 5.91 Å². The molecule has 1 unspecified atom stereocenters. The highest BCUT2D eigenvalue weighted by molar-refractivity contribution is 5.98. The lowest BCUT2D eigenvalue weighted by Crippen LogP contribution is -2.54. The van der Waals surface area contributed by atoms with Crippen molar-refractivity contribution in [1.82, 2.24) is 15.1 Å². The first-order valence-corrected chi connectivity index (χ1v) is 11.6. The molecule has 1 saturated heterocycles. The molecule has 0 saturated carbocycles. The quantitative estimate of drug-likeness (QED) is 0.696. The number of amides is 3. The van der Waals surface area contributed by atoms with Crippen LogP contribution in [0.2, 0.25) is 0 Å². The van der Waals surface area contributed by atoms with Crippen molar-refractivity contribution in [3.8, 4) is 0 Å². The van der Waals surface area contributed by atoms with E-state index in [0.717, 1.165) is 5.56 Å². The third-order valence-electron chi connectivity index (χ3n) is 6.34. The van der Waals surface area contributed by atoms with Crippen molar-refractivity contribution >= 4 is 17.7 Å². The number of nitrogens with one attached hydrogen (secondary N) is 1. The summed E-state index contributed by atoms with van der Waals surface area (Å²) in [5.74, 6) is -1.40. The van der Waals surface area contributed by atoms with Gasteiger partial charge in [0.1, 0.15) is 11.9 Å². The molecule has 2 aromatic carbocycles. The Labute approximate surface area is 194 Å². The Kier molecular flexibility index (Phi) is 8.20. The monoisotopic (exact) mass is 453 g/mol. The normalized spacial score (nSPS) is 15.1. The van der Waals surface area contributed by atoms with Gasteiger partial charge in [-0.15, -0.1) is 0 Å². The van der Waals surface area contributed by atoms with Crippen LogP contribution in [0, 0.1) is 18.7 Å². The fourth-order valence-corrected chi connectivity index (χ4v) is 4.28. The molecule has 1 heterocycles. The van der Waals surface area contributed by atoms with Gasteiger partial charge in [-0.25, -0.2) is 4.39 Å². The number of piperidine rings is 1. The van der Waals surface area contributed by atoms with E-state index in [-0.39, 0.29) is 29.2 Å². The molecule has 6 nitrogen and oxygen atoms in total. The molecule has 0 bridgehead atoms. The van der Waals surface area contributed by atoms with Gasteiger partial charge in [-0.1, -0.05) is 29.8 Å². The Morgan fingerprint density at radius 3 is 2.21 bits per heavy atom. The molecule has 1 N–H and O–H groups in total. The Balaban J connectivity index is 1.73. The summed E-state index contributed by atoms with van der Waals surface area (Å²) < 4.78 is 14.1. The van der Waals surface area contributed by atoms with Crippen molar-refractivity contribution in [2.45, 2.75) is 39.7 Å². The number of rotatable bonds is 7. The summed E-state index contributed by atoms with van der Waals surface area (Å²) in [4.78, 5) is 42.3. The molecule has 1 aliphatic rings. The van der Waals surface area contributed by atoms with Gasteiger partial charge >= 0.3 is 0 Å². The van der Waals surface area contributed by atoms with E-state index in [1.807, 2.05) is 32.9 Å². The first-order chi connectivity index (χ1) is 15.8. The zero-order valence-electron chi connectivity index (χ0n) is 19.5. The molecule has 0 aromatic heterocycles. The first kappa shape index (κ1) is 24.4. The molecule has 176 valence electrons. The SMILES string of the molecule is CCN(CC)C(=O)C(NC(=O)c1ccc(C)cc1)C1CCN(C(=O)c2ccccc2F)CC1. The Hall–Kier alpha value is -3.22. The molecule has 1 atom stereocenters. The number of nitrogens with zero attached hydrogens (tertiary/aromatic N) is 2. The van der Waals surface area contributed by atoms with Crippen LogP contribution in [-0.4, -0.2) is 59.7 Å². The van der Waals surface area contributed by atoms with Gasteiger partial charge in [-0.3, -0.25) is 14.4 Å². The van der Waals surface area contributed by atoms with E-state index in [1.165, 1.54) is 12.1 Å². The van der Waals surface area contributed by atoms with Crippen LogP contribution in [0.25, 0.3) is 0 Å². The van der Waals surface area contributed by atoms with E-state index in [0.29, 0.717) is 44.6 Å². The second-order valence-corrected chi connectivity index (χ2v) is 8.44. The van der Waals surface area contributed by atoms with Crippen molar-refractivity contribution < 1.29 is 18.8 Å². The summed E-state index contributed by atoms with van der Waals surface area (Å²) in [5.41, 5.74) is 1.61.